The van der Waals surface area contributed by atoms with E-state index in [2.05, 4.69) is 21.4 Å². The number of hydrogen-bond acceptors (Lipinski definition) is 3. The van der Waals surface area contributed by atoms with Crippen LogP contribution in [0.5, 0.6) is 0 Å². The fourth-order valence-corrected chi connectivity index (χ4v) is 0.712. The summed E-state index contributed by atoms with van der Waals surface area (Å²) in [5.41, 5.74) is 0.228. The summed E-state index contributed by atoms with van der Waals surface area (Å²) in [6.07, 6.45) is 2.79. The van der Waals surface area contributed by atoms with Gasteiger partial charge in [0.15, 0.2) is 5.65 Å². The normalized spacial score (nSPS) is 10.4. The van der Waals surface area contributed by atoms with Gasteiger partial charge in [-0.1, -0.05) is 0 Å². The maximum Gasteiger partial charge on any atom is 0.282 e. The molecule has 0 bridgehead atoms. The Balaban J connectivity index is 3.09. The van der Waals surface area contributed by atoms with Gasteiger partial charge in [0.05, 0.1) is 12.3 Å². The van der Waals surface area contributed by atoms with E-state index in [-0.39, 0.29) is 5.56 Å². The summed E-state index contributed by atoms with van der Waals surface area (Å²) >= 11 is 0. The lowest BCUT2D eigenvalue weighted by Crippen LogP contribution is -2.12. The Bertz CT molecular complexity index is 401. The zero-order valence-corrected chi connectivity index (χ0v) is 4.90. The average Bonchev–Trinajstić information content (AvgIpc) is 2.36. The second-order valence-electron chi connectivity index (χ2n) is 1.76. The zero-order chi connectivity index (χ0) is 6.97. The smallest absolute Gasteiger partial charge is 0.267 e. The minimum Gasteiger partial charge on any atom is -0.267 e. The van der Waals surface area contributed by atoms with Crippen molar-refractivity contribution >= 4 is 5.65 Å². The van der Waals surface area contributed by atoms with Gasteiger partial charge in [-0.15, -0.1) is 0 Å². The van der Waals surface area contributed by atoms with Crippen molar-refractivity contribution in [3.05, 3.63) is 28.8 Å². The summed E-state index contributed by atoms with van der Waals surface area (Å²) < 4.78 is 1.21. The van der Waals surface area contributed by atoms with Gasteiger partial charge in [-0.05, 0) is 0 Å². The molecule has 2 heterocycles. The van der Waals surface area contributed by atoms with E-state index in [1.165, 1.54) is 16.9 Å². The molecule has 0 unspecified atom stereocenters. The standard InChI is InChI=1S/C5H3N4O/c10-5-1-2-6-4-3-7-8-9(4)5/h2-3,8H. The van der Waals surface area contributed by atoms with Crippen molar-refractivity contribution in [2.75, 3.05) is 0 Å². The molecule has 0 amide bonds. The second kappa shape index (κ2) is 1.66. The lowest BCUT2D eigenvalue weighted by molar-refractivity contribution is 0.818. The van der Waals surface area contributed by atoms with Crippen molar-refractivity contribution in [3.8, 4) is 0 Å². The molecule has 5 heteroatoms. The van der Waals surface area contributed by atoms with Gasteiger partial charge in [0.25, 0.3) is 5.56 Å². The topological polar surface area (TPSA) is 63.0 Å². The fraction of sp³-hybridized carbons (Fsp3) is 0. The van der Waals surface area contributed by atoms with Crippen LogP contribution < -0.4 is 5.56 Å². The molecular weight excluding hydrogens is 132 g/mol. The Morgan fingerprint density at radius 1 is 1.70 bits per heavy atom. The summed E-state index contributed by atoms with van der Waals surface area (Å²) in [6.45, 7) is 0. The van der Waals surface area contributed by atoms with E-state index in [4.69, 9.17) is 0 Å². The lowest BCUT2D eigenvalue weighted by atomic mass is 10.6. The van der Waals surface area contributed by atoms with Crippen molar-refractivity contribution in [1.82, 2.24) is 19.8 Å². The number of rotatable bonds is 0. The summed E-state index contributed by atoms with van der Waals surface area (Å²) in [5, 5.41) is 6.07. The first kappa shape index (κ1) is 5.16. The van der Waals surface area contributed by atoms with Crippen LogP contribution in [-0.4, -0.2) is 19.8 Å². The summed E-state index contributed by atoms with van der Waals surface area (Å²) in [7, 11) is 0. The molecule has 1 N–H and O–H groups in total. The molecule has 0 aliphatic heterocycles. The van der Waals surface area contributed by atoms with Crippen LogP contribution >= 0.6 is 0 Å². The number of hydrogen-bond donors (Lipinski definition) is 1. The van der Waals surface area contributed by atoms with E-state index in [9.17, 15) is 4.79 Å². The van der Waals surface area contributed by atoms with Crippen molar-refractivity contribution in [3.63, 3.8) is 0 Å². The third kappa shape index (κ3) is 0.540. The van der Waals surface area contributed by atoms with Gasteiger partial charge in [0.1, 0.15) is 0 Å². The summed E-state index contributed by atoms with van der Waals surface area (Å²) in [5.74, 6) is 0. The monoisotopic (exact) mass is 135 g/mol. The van der Waals surface area contributed by atoms with Gasteiger partial charge >= 0.3 is 0 Å². The fourth-order valence-electron chi connectivity index (χ4n) is 0.712. The van der Waals surface area contributed by atoms with Gasteiger partial charge in [0, 0.05) is 6.20 Å². The Morgan fingerprint density at radius 3 is 3.40 bits per heavy atom. The minimum atomic E-state index is -0.275. The van der Waals surface area contributed by atoms with Crippen LogP contribution in [0, 0.1) is 6.07 Å². The van der Waals surface area contributed by atoms with Crippen LogP contribution in [0.25, 0.3) is 5.65 Å². The van der Waals surface area contributed by atoms with Crippen LogP contribution in [0.15, 0.2) is 17.2 Å². The predicted molar refractivity (Wildman–Crippen MR) is 32.4 cm³/mol. The molecule has 2 rings (SSSR count). The van der Waals surface area contributed by atoms with Gasteiger partial charge in [0.2, 0.25) is 0 Å². The molecule has 0 aromatic carbocycles. The first-order valence-electron chi connectivity index (χ1n) is 2.67. The number of nitrogens with zero attached hydrogens (tertiary/aromatic N) is 3. The predicted octanol–water partition coefficient (Wildman–Crippen LogP) is -0.782. The Kier molecular flexibility index (Phi) is 0.858. The molecular formula is C5H3N4O. The van der Waals surface area contributed by atoms with E-state index < -0.39 is 0 Å². The molecule has 2 aromatic heterocycles. The highest BCUT2D eigenvalue weighted by Crippen LogP contribution is 1.85. The molecule has 5 nitrogen and oxygen atoms in total. The highest BCUT2D eigenvalue weighted by molar-refractivity contribution is 5.30. The van der Waals surface area contributed by atoms with Gasteiger partial charge < -0.3 is 0 Å². The van der Waals surface area contributed by atoms with E-state index in [0.29, 0.717) is 5.65 Å². The van der Waals surface area contributed by atoms with Crippen LogP contribution in [0.2, 0.25) is 0 Å². The maximum absolute atomic E-state index is 10.8. The van der Waals surface area contributed by atoms with Crippen molar-refractivity contribution < 1.29 is 0 Å². The van der Waals surface area contributed by atoms with E-state index in [1.54, 1.807) is 0 Å². The van der Waals surface area contributed by atoms with Crippen LogP contribution in [0.3, 0.4) is 0 Å². The van der Waals surface area contributed by atoms with Crippen LogP contribution in [0.4, 0.5) is 0 Å². The lowest BCUT2D eigenvalue weighted by Gasteiger charge is -1.84. The molecule has 0 saturated carbocycles. The van der Waals surface area contributed by atoms with Crippen molar-refractivity contribution in [2.45, 2.75) is 0 Å². The van der Waals surface area contributed by atoms with Gasteiger partial charge in [-0.25, -0.2) is 10.2 Å². The number of H-pyrrole nitrogens is 1. The zero-order valence-electron chi connectivity index (χ0n) is 4.90. The van der Waals surface area contributed by atoms with Crippen molar-refractivity contribution in [1.29, 1.82) is 0 Å². The third-order valence-corrected chi connectivity index (χ3v) is 1.15. The highest BCUT2D eigenvalue weighted by Gasteiger charge is 1.94. The molecule has 0 aliphatic carbocycles. The van der Waals surface area contributed by atoms with Crippen LogP contribution in [0.1, 0.15) is 0 Å². The molecule has 0 atom stereocenters. The third-order valence-electron chi connectivity index (χ3n) is 1.15. The number of fused-ring (bicyclic) bond motifs is 1. The van der Waals surface area contributed by atoms with Crippen molar-refractivity contribution in [2.24, 2.45) is 0 Å². The second-order valence-corrected chi connectivity index (χ2v) is 1.76. The molecule has 10 heavy (non-hydrogen) atoms. The number of aromatic amines is 1. The van der Waals surface area contributed by atoms with E-state index >= 15 is 0 Å². The molecule has 0 spiro atoms. The number of aromatic nitrogens is 4. The first-order chi connectivity index (χ1) is 4.88. The largest absolute Gasteiger partial charge is 0.282 e. The quantitative estimate of drug-likeness (QED) is 0.515. The average molecular weight is 135 g/mol. The maximum atomic E-state index is 10.8. The molecule has 0 saturated heterocycles. The van der Waals surface area contributed by atoms with Gasteiger partial charge in [-0.3, -0.25) is 4.79 Å². The Labute approximate surface area is 55.3 Å². The Morgan fingerprint density at radius 2 is 2.60 bits per heavy atom. The minimum absolute atomic E-state index is 0.275. The molecule has 0 fully saturated rings. The molecule has 49 valence electrons. The van der Waals surface area contributed by atoms with E-state index in [0.717, 1.165) is 0 Å². The Hall–Kier alpha value is -1.65. The highest BCUT2D eigenvalue weighted by atomic mass is 16.1. The van der Waals surface area contributed by atoms with Gasteiger partial charge in [-0.2, -0.15) is 9.61 Å². The first-order valence-corrected chi connectivity index (χ1v) is 2.67. The van der Waals surface area contributed by atoms with E-state index in [1.807, 2.05) is 0 Å². The summed E-state index contributed by atoms with van der Waals surface area (Å²) in [4.78, 5) is 14.7. The molecule has 1 radical (unpaired) electrons. The summed E-state index contributed by atoms with van der Waals surface area (Å²) in [6, 6.07) is 2.39. The van der Waals surface area contributed by atoms with Crippen LogP contribution in [-0.2, 0) is 0 Å². The molecule has 0 aliphatic rings. The number of nitrogens with one attached hydrogen (secondary N) is 1. The molecule has 2 aromatic rings. The SMILES string of the molecule is O=c1[c]cnc2cn[nH]n12.